The highest BCUT2D eigenvalue weighted by Crippen LogP contribution is 2.28. The van der Waals surface area contributed by atoms with Crippen LogP contribution in [-0.4, -0.2) is 62.7 Å². The van der Waals surface area contributed by atoms with Crippen molar-refractivity contribution in [1.82, 2.24) is 9.55 Å². The van der Waals surface area contributed by atoms with Crippen LogP contribution in [0.25, 0.3) is 0 Å². The molecule has 1 aromatic rings. The normalized spacial score (nSPS) is 24.1. The van der Waals surface area contributed by atoms with Gasteiger partial charge in [0.05, 0.1) is 6.61 Å². The second-order valence-corrected chi connectivity index (χ2v) is 6.48. The molecule has 1 fully saturated rings. The van der Waals surface area contributed by atoms with Crippen molar-refractivity contribution in [2.75, 3.05) is 18.7 Å². The van der Waals surface area contributed by atoms with Crippen molar-refractivity contribution in [3.63, 3.8) is 0 Å². The largest absolute Gasteiger partial charge is 0.508 e. The van der Waals surface area contributed by atoms with E-state index in [1.807, 2.05) is 0 Å². The first-order chi connectivity index (χ1) is 13.5. The van der Waals surface area contributed by atoms with E-state index < -0.39 is 36.4 Å². The molecular formula is C17H27N3O8. The molecule has 0 saturated carbocycles. The van der Waals surface area contributed by atoms with Gasteiger partial charge in [-0.2, -0.15) is 4.98 Å². The monoisotopic (exact) mass is 401 g/mol. The van der Waals surface area contributed by atoms with Gasteiger partial charge < -0.3 is 24.4 Å². The number of nitrogens with zero attached hydrogens (tertiary/aromatic N) is 2. The van der Waals surface area contributed by atoms with Gasteiger partial charge in [0.1, 0.15) is 24.9 Å². The predicted molar refractivity (Wildman–Crippen MR) is 95.9 cm³/mol. The van der Waals surface area contributed by atoms with Crippen molar-refractivity contribution < 1.29 is 34.4 Å². The molecule has 0 aliphatic carbocycles. The summed E-state index contributed by atoms with van der Waals surface area (Å²) in [4.78, 5) is 27.1. The molecule has 2 rings (SSSR count). The minimum atomic E-state index is -1.43. The third kappa shape index (κ3) is 5.89. The van der Waals surface area contributed by atoms with E-state index in [-0.39, 0.29) is 19.0 Å². The standard InChI is InChI=1S/C17H27N3O8/c1-2-3-4-5-6-9-26-17(24)27-10-11-13(21)14(22)15(28-11)20-8-7-12(19-25)18-16(20)23/h7-8,11,13-15,21-22,25H,2-6,9-10H2,1H3,(H,18,19,23)/t11-,13?,14?,15-/m1/s1. The molecule has 0 bridgehead atoms. The van der Waals surface area contributed by atoms with Crippen molar-refractivity contribution in [1.29, 1.82) is 0 Å². The van der Waals surface area contributed by atoms with Crippen LogP contribution in [0.5, 0.6) is 0 Å². The number of carbonyl (C=O) groups excluding carboxylic acids is 1. The zero-order valence-corrected chi connectivity index (χ0v) is 15.7. The first-order valence-corrected chi connectivity index (χ1v) is 9.28. The van der Waals surface area contributed by atoms with Gasteiger partial charge in [-0.25, -0.2) is 9.59 Å². The average Bonchev–Trinajstić information content (AvgIpc) is 2.97. The van der Waals surface area contributed by atoms with E-state index in [1.165, 1.54) is 12.3 Å². The highest BCUT2D eigenvalue weighted by atomic mass is 16.7. The highest BCUT2D eigenvalue weighted by molar-refractivity contribution is 5.59. The Labute approximate surface area is 161 Å². The zero-order valence-electron chi connectivity index (χ0n) is 15.7. The Balaban J connectivity index is 1.81. The number of carbonyl (C=O) groups is 1. The molecule has 1 aliphatic rings. The van der Waals surface area contributed by atoms with Crippen LogP contribution in [0, 0.1) is 0 Å². The number of aromatic nitrogens is 2. The third-order valence-corrected chi connectivity index (χ3v) is 4.39. The summed E-state index contributed by atoms with van der Waals surface area (Å²) in [5.41, 5.74) is 0.923. The lowest BCUT2D eigenvalue weighted by atomic mass is 10.1. The Morgan fingerprint density at radius 3 is 2.68 bits per heavy atom. The van der Waals surface area contributed by atoms with Crippen LogP contribution in [0.15, 0.2) is 17.1 Å². The topological polar surface area (TPSA) is 152 Å². The highest BCUT2D eigenvalue weighted by Gasteiger charge is 2.44. The number of ether oxygens (including phenoxy) is 3. The van der Waals surface area contributed by atoms with Crippen molar-refractivity contribution in [3.05, 3.63) is 22.7 Å². The second kappa shape index (κ2) is 11.0. The molecule has 0 aromatic carbocycles. The van der Waals surface area contributed by atoms with E-state index >= 15 is 0 Å². The van der Waals surface area contributed by atoms with Gasteiger partial charge in [0.2, 0.25) is 0 Å². The summed E-state index contributed by atoms with van der Waals surface area (Å²) in [6.45, 7) is 2.01. The van der Waals surface area contributed by atoms with Crippen LogP contribution in [0.4, 0.5) is 10.6 Å². The predicted octanol–water partition coefficient (Wildman–Crippen LogP) is 0.787. The second-order valence-electron chi connectivity index (χ2n) is 6.48. The van der Waals surface area contributed by atoms with Crippen molar-refractivity contribution in [3.8, 4) is 0 Å². The first kappa shape index (κ1) is 22.1. The fourth-order valence-corrected chi connectivity index (χ4v) is 2.82. The van der Waals surface area contributed by atoms with Crippen molar-refractivity contribution >= 4 is 12.0 Å². The van der Waals surface area contributed by atoms with E-state index in [2.05, 4.69) is 11.9 Å². The molecule has 4 N–H and O–H groups in total. The molecule has 2 heterocycles. The molecule has 0 radical (unpaired) electrons. The first-order valence-electron chi connectivity index (χ1n) is 9.28. The van der Waals surface area contributed by atoms with Gasteiger partial charge in [-0.3, -0.25) is 15.3 Å². The summed E-state index contributed by atoms with van der Waals surface area (Å²) in [5.74, 6) is -0.0772. The van der Waals surface area contributed by atoms with Crippen molar-refractivity contribution in [2.24, 2.45) is 0 Å². The Bertz CT molecular complexity index is 683. The van der Waals surface area contributed by atoms with Gasteiger partial charge in [-0.05, 0) is 12.5 Å². The van der Waals surface area contributed by atoms with Crippen LogP contribution in [0.3, 0.4) is 0 Å². The molecule has 11 heteroatoms. The maximum atomic E-state index is 11.9. The number of hydrogen-bond donors (Lipinski definition) is 4. The summed E-state index contributed by atoms with van der Waals surface area (Å²) >= 11 is 0. The van der Waals surface area contributed by atoms with E-state index in [9.17, 15) is 19.8 Å². The Morgan fingerprint density at radius 2 is 2.00 bits per heavy atom. The van der Waals surface area contributed by atoms with E-state index in [0.717, 1.165) is 36.7 Å². The third-order valence-electron chi connectivity index (χ3n) is 4.39. The van der Waals surface area contributed by atoms with Crippen molar-refractivity contribution in [2.45, 2.75) is 63.6 Å². The maximum absolute atomic E-state index is 11.9. The molecule has 1 aliphatic heterocycles. The zero-order chi connectivity index (χ0) is 20.5. The summed E-state index contributed by atoms with van der Waals surface area (Å²) < 4.78 is 16.3. The summed E-state index contributed by atoms with van der Waals surface area (Å²) in [5, 5.41) is 29.0. The molecule has 0 spiro atoms. The lowest BCUT2D eigenvalue weighted by molar-refractivity contribution is -0.0642. The van der Waals surface area contributed by atoms with E-state index in [4.69, 9.17) is 19.4 Å². The molecule has 0 amide bonds. The number of nitrogens with one attached hydrogen (secondary N) is 1. The Kier molecular flexibility index (Phi) is 8.64. The number of rotatable bonds is 10. The van der Waals surface area contributed by atoms with Gasteiger partial charge in [-0.15, -0.1) is 0 Å². The van der Waals surface area contributed by atoms with E-state index in [1.54, 1.807) is 5.48 Å². The average molecular weight is 401 g/mol. The van der Waals surface area contributed by atoms with Gasteiger partial charge >= 0.3 is 11.8 Å². The molecule has 28 heavy (non-hydrogen) atoms. The summed E-state index contributed by atoms with van der Waals surface area (Å²) in [6, 6.07) is 1.28. The maximum Gasteiger partial charge on any atom is 0.508 e. The number of anilines is 1. The summed E-state index contributed by atoms with van der Waals surface area (Å²) in [6.07, 6.45) is 0.342. The van der Waals surface area contributed by atoms with Crippen LogP contribution in [0.2, 0.25) is 0 Å². The molecule has 1 saturated heterocycles. The molecule has 4 atom stereocenters. The fourth-order valence-electron chi connectivity index (χ4n) is 2.82. The van der Waals surface area contributed by atoms with Gasteiger partial charge in [0.25, 0.3) is 0 Å². The molecular weight excluding hydrogens is 374 g/mol. The number of hydrogen-bond acceptors (Lipinski definition) is 10. The van der Waals surface area contributed by atoms with Crippen LogP contribution in [0.1, 0.15) is 45.3 Å². The minimum Gasteiger partial charge on any atom is -0.434 e. The molecule has 2 unspecified atom stereocenters. The van der Waals surface area contributed by atoms with E-state index in [0.29, 0.717) is 0 Å². The van der Waals surface area contributed by atoms with Gasteiger partial charge in [0, 0.05) is 6.20 Å². The quantitative estimate of drug-likeness (QED) is 0.251. The smallest absolute Gasteiger partial charge is 0.434 e. The number of aliphatic hydroxyl groups is 2. The number of unbranched alkanes of at least 4 members (excludes halogenated alkanes) is 4. The van der Waals surface area contributed by atoms with Crippen LogP contribution >= 0.6 is 0 Å². The number of aliphatic hydroxyl groups excluding tert-OH is 2. The minimum absolute atomic E-state index is 0.0772. The molecule has 158 valence electrons. The van der Waals surface area contributed by atoms with Gasteiger partial charge in [0.15, 0.2) is 12.0 Å². The van der Waals surface area contributed by atoms with Crippen LogP contribution in [-0.2, 0) is 14.2 Å². The van der Waals surface area contributed by atoms with Gasteiger partial charge in [-0.1, -0.05) is 32.6 Å². The summed E-state index contributed by atoms with van der Waals surface area (Å²) in [7, 11) is 0. The molecule has 11 nitrogen and oxygen atoms in total. The Morgan fingerprint density at radius 1 is 1.25 bits per heavy atom. The fraction of sp³-hybridized carbons (Fsp3) is 0.706. The SMILES string of the molecule is CCCCCCCOC(=O)OC[C@H]1O[C@@H](n2ccc(NO)nc2=O)C(O)C1O. The van der Waals surface area contributed by atoms with Crippen LogP contribution < -0.4 is 11.2 Å². The lowest BCUT2D eigenvalue weighted by Crippen LogP contribution is -2.36. The lowest BCUT2D eigenvalue weighted by Gasteiger charge is -2.17. The molecule has 1 aromatic heterocycles. The Hall–Kier alpha value is -2.21.